The zero-order valence-electron chi connectivity index (χ0n) is 16.8. The van der Waals surface area contributed by atoms with E-state index in [1.54, 1.807) is 18.9 Å². The molecule has 6 heteroatoms. The minimum Gasteiger partial charge on any atom is -0.489 e. The van der Waals surface area contributed by atoms with E-state index in [0.717, 1.165) is 16.9 Å². The largest absolute Gasteiger partial charge is 0.489 e. The Bertz CT molecular complexity index is 747. The number of likely N-dealkylation sites (N-methyl/N-ethyl adjacent to an activating group) is 1. The Hall–Kier alpha value is -3.02. The molecule has 2 rings (SSSR count). The van der Waals surface area contributed by atoms with Gasteiger partial charge in [-0.15, -0.1) is 0 Å². The molecule has 0 radical (unpaired) electrons. The fraction of sp³-hybridized carbons (Fsp3) is 0.364. The van der Waals surface area contributed by atoms with E-state index in [0.29, 0.717) is 26.1 Å². The second-order valence-electron chi connectivity index (χ2n) is 6.64. The predicted octanol–water partition coefficient (Wildman–Crippen LogP) is 2.97. The van der Waals surface area contributed by atoms with E-state index in [4.69, 9.17) is 4.74 Å². The molecule has 0 spiro atoms. The first-order valence-electron chi connectivity index (χ1n) is 9.54. The minimum absolute atomic E-state index is 0.108. The zero-order valence-corrected chi connectivity index (χ0v) is 16.8. The molecular weight excluding hydrogens is 354 g/mol. The van der Waals surface area contributed by atoms with Crippen LogP contribution in [0, 0.1) is 0 Å². The molecule has 2 N–H and O–H groups in total. The van der Waals surface area contributed by atoms with Gasteiger partial charge in [-0.25, -0.2) is 4.79 Å². The van der Waals surface area contributed by atoms with Crippen molar-refractivity contribution >= 4 is 11.9 Å². The second-order valence-corrected chi connectivity index (χ2v) is 6.64. The summed E-state index contributed by atoms with van der Waals surface area (Å²) in [7, 11) is 1.71. The summed E-state index contributed by atoms with van der Waals surface area (Å²) in [6, 6.07) is 17.0. The maximum Gasteiger partial charge on any atom is 0.315 e. The van der Waals surface area contributed by atoms with Gasteiger partial charge >= 0.3 is 6.03 Å². The van der Waals surface area contributed by atoms with Gasteiger partial charge in [-0.2, -0.15) is 0 Å². The van der Waals surface area contributed by atoms with Gasteiger partial charge in [0, 0.05) is 20.1 Å². The third-order valence-electron chi connectivity index (χ3n) is 4.44. The SMILES string of the molecule is CCN(C)C(=O)[C@@H](C)NC(=O)NCCc1ccc(OCc2ccccc2)cc1. The van der Waals surface area contributed by atoms with Gasteiger partial charge < -0.3 is 20.3 Å². The maximum atomic E-state index is 12.0. The number of amides is 3. The van der Waals surface area contributed by atoms with Crippen LogP contribution in [0.1, 0.15) is 25.0 Å². The zero-order chi connectivity index (χ0) is 20.4. The first-order chi connectivity index (χ1) is 13.5. The number of benzene rings is 2. The van der Waals surface area contributed by atoms with Gasteiger partial charge in [0.1, 0.15) is 18.4 Å². The van der Waals surface area contributed by atoms with Crippen molar-refractivity contribution in [3.8, 4) is 5.75 Å². The summed E-state index contributed by atoms with van der Waals surface area (Å²) in [6.45, 7) is 5.20. The Morgan fingerprint density at radius 2 is 1.71 bits per heavy atom. The molecule has 0 aliphatic carbocycles. The van der Waals surface area contributed by atoms with Crippen molar-refractivity contribution < 1.29 is 14.3 Å². The van der Waals surface area contributed by atoms with E-state index in [1.165, 1.54) is 0 Å². The normalized spacial score (nSPS) is 11.4. The van der Waals surface area contributed by atoms with Crippen LogP contribution in [0.4, 0.5) is 4.79 Å². The molecule has 0 bridgehead atoms. The topological polar surface area (TPSA) is 70.7 Å². The molecule has 6 nitrogen and oxygen atoms in total. The van der Waals surface area contributed by atoms with Gasteiger partial charge in [0.25, 0.3) is 0 Å². The summed E-state index contributed by atoms with van der Waals surface area (Å²) < 4.78 is 5.77. The molecule has 1 atom stereocenters. The fourth-order valence-corrected chi connectivity index (χ4v) is 2.61. The number of hydrogen-bond donors (Lipinski definition) is 2. The highest BCUT2D eigenvalue weighted by Crippen LogP contribution is 2.14. The highest BCUT2D eigenvalue weighted by Gasteiger charge is 2.17. The van der Waals surface area contributed by atoms with Crippen LogP contribution in [0.2, 0.25) is 0 Å². The molecule has 0 heterocycles. The van der Waals surface area contributed by atoms with E-state index in [1.807, 2.05) is 61.5 Å². The molecule has 150 valence electrons. The van der Waals surface area contributed by atoms with Crippen LogP contribution in [0.25, 0.3) is 0 Å². The van der Waals surface area contributed by atoms with Crippen LogP contribution in [0.5, 0.6) is 5.75 Å². The fourth-order valence-electron chi connectivity index (χ4n) is 2.61. The summed E-state index contributed by atoms with van der Waals surface area (Å²) in [4.78, 5) is 25.4. The number of carbonyl (C=O) groups is 2. The highest BCUT2D eigenvalue weighted by atomic mass is 16.5. The van der Waals surface area contributed by atoms with Crippen LogP contribution in [-0.2, 0) is 17.8 Å². The lowest BCUT2D eigenvalue weighted by molar-refractivity contribution is -0.131. The summed E-state index contributed by atoms with van der Waals surface area (Å²) in [6.07, 6.45) is 0.698. The lowest BCUT2D eigenvalue weighted by atomic mass is 10.1. The van der Waals surface area contributed by atoms with Crippen LogP contribution >= 0.6 is 0 Å². The average molecular weight is 383 g/mol. The molecule has 0 aliphatic rings. The Balaban J connectivity index is 1.70. The Morgan fingerprint density at radius 3 is 2.36 bits per heavy atom. The number of rotatable bonds is 9. The van der Waals surface area contributed by atoms with Crippen molar-refractivity contribution in [2.45, 2.75) is 32.9 Å². The molecule has 0 aliphatic heterocycles. The molecule has 28 heavy (non-hydrogen) atoms. The first kappa shape index (κ1) is 21.3. The predicted molar refractivity (Wildman–Crippen MR) is 110 cm³/mol. The van der Waals surface area contributed by atoms with Crippen molar-refractivity contribution in [1.82, 2.24) is 15.5 Å². The Morgan fingerprint density at radius 1 is 1.04 bits per heavy atom. The highest BCUT2D eigenvalue weighted by molar-refractivity contribution is 5.86. The Kier molecular flexibility index (Phi) is 8.34. The number of ether oxygens (including phenoxy) is 1. The quantitative estimate of drug-likeness (QED) is 0.699. The molecule has 3 amide bonds. The lowest BCUT2D eigenvalue weighted by Gasteiger charge is -2.20. The summed E-state index contributed by atoms with van der Waals surface area (Å²) >= 11 is 0. The molecule has 2 aromatic carbocycles. The number of carbonyl (C=O) groups excluding carboxylic acids is 2. The summed E-state index contributed by atoms with van der Waals surface area (Å²) in [5.74, 6) is 0.703. The monoisotopic (exact) mass is 383 g/mol. The van der Waals surface area contributed by atoms with Crippen LogP contribution in [-0.4, -0.2) is 43.0 Å². The third-order valence-corrected chi connectivity index (χ3v) is 4.44. The molecule has 0 unspecified atom stereocenters. The van der Waals surface area contributed by atoms with E-state index >= 15 is 0 Å². The molecule has 0 fully saturated rings. The van der Waals surface area contributed by atoms with Gasteiger partial charge in [0.05, 0.1) is 0 Å². The summed E-state index contributed by atoms with van der Waals surface area (Å²) in [5, 5.41) is 5.44. The van der Waals surface area contributed by atoms with Crippen molar-refractivity contribution in [3.63, 3.8) is 0 Å². The van der Waals surface area contributed by atoms with E-state index in [-0.39, 0.29) is 11.9 Å². The maximum absolute atomic E-state index is 12.0. The first-order valence-corrected chi connectivity index (χ1v) is 9.54. The van der Waals surface area contributed by atoms with E-state index in [9.17, 15) is 9.59 Å². The van der Waals surface area contributed by atoms with E-state index < -0.39 is 6.04 Å². The summed E-state index contributed by atoms with van der Waals surface area (Å²) in [5.41, 5.74) is 2.22. The van der Waals surface area contributed by atoms with Crippen LogP contribution < -0.4 is 15.4 Å². The smallest absolute Gasteiger partial charge is 0.315 e. The van der Waals surface area contributed by atoms with E-state index in [2.05, 4.69) is 10.6 Å². The lowest BCUT2D eigenvalue weighted by Crippen LogP contribution is -2.49. The van der Waals surface area contributed by atoms with Gasteiger partial charge in [0.2, 0.25) is 5.91 Å². The average Bonchev–Trinajstić information content (AvgIpc) is 2.72. The number of nitrogens with zero attached hydrogens (tertiary/aromatic N) is 1. The van der Waals surface area contributed by atoms with Crippen LogP contribution in [0.15, 0.2) is 54.6 Å². The van der Waals surface area contributed by atoms with Crippen molar-refractivity contribution in [3.05, 3.63) is 65.7 Å². The molecular formula is C22H29N3O3. The van der Waals surface area contributed by atoms with Gasteiger partial charge in [0.15, 0.2) is 0 Å². The molecule has 0 aromatic heterocycles. The Labute approximate surface area is 166 Å². The van der Waals surface area contributed by atoms with Gasteiger partial charge in [-0.3, -0.25) is 4.79 Å². The minimum atomic E-state index is -0.550. The van der Waals surface area contributed by atoms with Gasteiger partial charge in [-0.05, 0) is 43.5 Å². The van der Waals surface area contributed by atoms with Crippen molar-refractivity contribution in [2.24, 2.45) is 0 Å². The van der Waals surface area contributed by atoms with Crippen molar-refractivity contribution in [1.29, 1.82) is 0 Å². The second kappa shape index (κ2) is 11.0. The molecule has 2 aromatic rings. The molecule has 0 saturated heterocycles. The number of urea groups is 1. The van der Waals surface area contributed by atoms with Crippen LogP contribution in [0.3, 0.4) is 0 Å². The molecule has 0 saturated carbocycles. The number of hydrogen-bond acceptors (Lipinski definition) is 3. The standard InChI is InChI=1S/C22H29N3O3/c1-4-25(3)21(26)17(2)24-22(27)23-15-14-18-10-12-20(13-11-18)28-16-19-8-6-5-7-9-19/h5-13,17H,4,14-16H2,1-3H3,(H2,23,24,27)/t17-/m1/s1. The third kappa shape index (κ3) is 6.95. The number of nitrogens with one attached hydrogen (secondary N) is 2. The van der Waals surface area contributed by atoms with Crippen molar-refractivity contribution in [2.75, 3.05) is 20.1 Å². The van der Waals surface area contributed by atoms with Gasteiger partial charge in [-0.1, -0.05) is 42.5 Å².